The molecule has 3 aromatic rings. The van der Waals surface area contributed by atoms with Crippen LogP contribution in [0.1, 0.15) is 21.4 Å². The molecular formula is C19H16N2O6S. The van der Waals surface area contributed by atoms with E-state index in [-0.39, 0.29) is 28.5 Å². The van der Waals surface area contributed by atoms with Gasteiger partial charge in [-0.2, -0.15) is 0 Å². The number of rotatable bonds is 7. The lowest BCUT2D eigenvalue weighted by Crippen LogP contribution is -2.31. The van der Waals surface area contributed by atoms with Gasteiger partial charge in [-0.1, -0.05) is 18.2 Å². The number of amides is 1. The van der Waals surface area contributed by atoms with Crippen molar-refractivity contribution in [2.75, 3.05) is 6.54 Å². The van der Waals surface area contributed by atoms with Crippen molar-refractivity contribution in [3.63, 3.8) is 0 Å². The number of hydrogen-bond donors (Lipinski definition) is 1. The molecule has 8 nitrogen and oxygen atoms in total. The van der Waals surface area contributed by atoms with Gasteiger partial charge in [0, 0.05) is 24.2 Å². The van der Waals surface area contributed by atoms with Crippen molar-refractivity contribution in [2.24, 2.45) is 0 Å². The molecule has 0 bridgehead atoms. The number of nitro groups is 1. The fourth-order valence-corrected chi connectivity index (χ4v) is 4.24. The van der Waals surface area contributed by atoms with E-state index in [2.05, 4.69) is 5.32 Å². The number of carbonyl (C=O) groups is 1. The molecule has 1 N–H and O–H groups in total. The summed E-state index contributed by atoms with van der Waals surface area (Å²) in [5.41, 5.74) is 0.0394. The quantitative estimate of drug-likeness (QED) is 0.481. The topological polar surface area (TPSA) is 120 Å². The number of nitro benzene ring substituents is 1. The van der Waals surface area contributed by atoms with E-state index in [4.69, 9.17) is 4.42 Å². The average molecular weight is 400 g/mol. The molecule has 1 amide bonds. The minimum Gasteiger partial charge on any atom is -0.468 e. The fraction of sp³-hybridized carbons (Fsp3) is 0.105. The molecule has 0 fully saturated rings. The van der Waals surface area contributed by atoms with E-state index in [9.17, 15) is 23.3 Å². The van der Waals surface area contributed by atoms with Crippen LogP contribution in [-0.2, 0) is 9.84 Å². The molecule has 0 aliphatic rings. The summed E-state index contributed by atoms with van der Waals surface area (Å²) >= 11 is 0. The lowest BCUT2D eigenvalue weighted by molar-refractivity contribution is -0.384. The van der Waals surface area contributed by atoms with E-state index in [1.807, 2.05) is 0 Å². The summed E-state index contributed by atoms with van der Waals surface area (Å²) in [6, 6.07) is 16.0. The molecule has 0 saturated carbocycles. The van der Waals surface area contributed by atoms with Crippen molar-refractivity contribution in [3.05, 3.63) is 94.4 Å². The van der Waals surface area contributed by atoms with Crippen LogP contribution in [0.3, 0.4) is 0 Å². The van der Waals surface area contributed by atoms with Crippen molar-refractivity contribution in [1.29, 1.82) is 0 Å². The maximum Gasteiger partial charge on any atom is 0.269 e. The Kier molecular flexibility index (Phi) is 5.55. The first-order chi connectivity index (χ1) is 13.4. The maximum atomic E-state index is 13.0. The van der Waals surface area contributed by atoms with E-state index in [0.717, 1.165) is 0 Å². The standard InChI is InChI=1S/C19H16N2O6S/c22-19(14-8-10-15(11-9-14)21(23)24)20-13-18(17-7-4-12-27-17)28(25,26)16-5-2-1-3-6-16/h1-12,18H,13H2,(H,20,22)/t18-/m0/s1. The van der Waals surface area contributed by atoms with E-state index < -0.39 is 25.9 Å². The van der Waals surface area contributed by atoms with E-state index in [1.165, 1.54) is 48.7 Å². The van der Waals surface area contributed by atoms with E-state index in [1.54, 1.807) is 24.3 Å². The molecule has 28 heavy (non-hydrogen) atoms. The van der Waals surface area contributed by atoms with Crippen LogP contribution in [0.5, 0.6) is 0 Å². The van der Waals surface area contributed by atoms with Crippen LogP contribution >= 0.6 is 0 Å². The third kappa shape index (κ3) is 4.09. The van der Waals surface area contributed by atoms with Crippen molar-refractivity contribution in [3.8, 4) is 0 Å². The smallest absolute Gasteiger partial charge is 0.269 e. The lowest BCUT2D eigenvalue weighted by atomic mass is 10.2. The highest BCUT2D eigenvalue weighted by Gasteiger charge is 2.31. The molecule has 144 valence electrons. The number of nitrogens with one attached hydrogen (secondary N) is 1. The summed E-state index contributed by atoms with van der Waals surface area (Å²) in [5.74, 6) is -0.345. The molecule has 1 atom stereocenters. The number of benzene rings is 2. The molecule has 0 saturated heterocycles. The average Bonchev–Trinajstić information content (AvgIpc) is 3.23. The Morgan fingerprint density at radius 1 is 1.04 bits per heavy atom. The molecule has 3 rings (SSSR count). The maximum absolute atomic E-state index is 13.0. The van der Waals surface area contributed by atoms with Crippen molar-refractivity contribution in [1.82, 2.24) is 5.32 Å². The zero-order chi connectivity index (χ0) is 20.1. The molecule has 0 aliphatic heterocycles. The van der Waals surface area contributed by atoms with Gasteiger partial charge in [0.2, 0.25) is 0 Å². The number of sulfone groups is 1. The van der Waals surface area contributed by atoms with Crippen LogP contribution in [0, 0.1) is 10.1 Å². The fourth-order valence-electron chi connectivity index (χ4n) is 2.63. The summed E-state index contributed by atoms with van der Waals surface area (Å²) in [6.07, 6.45) is 1.36. The minimum atomic E-state index is -3.82. The SMILES string of the molecule is O=C(NC[C@@H](c1ccco1)S(=O)(=O)c1ccccc1)c1ccc([N+](=O)[O-])cc1. The van der Waals surface area contributed by atoms with Gasteiger partial charge in [0.1, 0.15) is 11.0 Å². The Bertz CT molecular complexity index is 1060. The number of nitrogens with zero attached hydrogens (tertiary/aromatic N) is 1. The molecule has 0 spiro atoms. The molecule has 9 heteroatoms. The first-order valence-corrected chi connectivity index (χ1v) is 9.79. The predicted octanol–water partition coefficient (Wildman–Crippen LogP) is 3.13. The molecule has 0 aliphatic carbocycles. The number of hydrogen-bond acceptors (Lipinski definition) is 6. The Hall–Kier alpha value is -3.46. The minimum absolute atomic E-state index is 0.112. The Balaban J connectivity index is 1.81. The zero-order valence-corrected chi connectivity index (χ0v) is 15.3. The summed E-state index contributed by atoms with van der Waals surface area (Å²) < 4.78 is 31.3. The second kappa shape index (κ2) is 8.05. The third-order valence-electron chi connectivity index (χ3n) is 4.10. The van der Waals surface area contributed by atoms with Crippen LogP contribution < -0.4 is 5.32 Å². The summed E-state index contributed by atoms with van der Waals surface area (Å²) in [7, 11) is -3.82. The Morgan fingerprint density at radius 2 is 1.71 bits per heavy atom. The molecule has 1 aromatic heterocycles. The Morgan fingerprint density at radius 3 is 2.29 bits per heavy atom. The lowest BCUT2D eigenvalue weighted by Gasteiger charge is -2.16. The van der Waals surface area contributed by atoms with Gasteiger partial charge in [0.05, 0.1) is 16.1 Å². The largest absolute Gasteiger partial charge is 0.468 e. The van der Waals surface area contributed by atoms with Crippen LogP contribution in [0.2, 0.25) is 0 Å². The van der Waals surface area contributed by atoms with E-state index >= 15 is 0 Å². The summed E-state index contributed by atoms with van der Waals surface area (Å²) in [6.45, 7) is -0.222. The van der Waals surface area contributed by atoms with Crippen LogP contribution in [-0.4, -0.2) is 25.8 Å². The van der Waals surface area contributed by atoms with Crippen molar-refractivity contribution >= 4 is 21.4 Å². The van der Waals surface area contributed by atoms with Gasteiger partial charge >= 0.3 is 0 Å². The van der Waals surface area contributed by atoms with Gasteiger partial charge in [0.25, 0.3) is 11.6 Å². The van der Waals surface area contributed by atoms with Crippen molar-refractivity contribution in [2.45, 2.75) is 10.1 Å². The zero-order valence-electron chi connectivity index (χ0n) is 14.5. The van der Waals surface area contributed by atoms with Gasteiger partial charge in [0.15, 0.2) is 9.84 Å². The molecule has 2 aromatic carbocycles. The first kappa shape index (κ1) is 19.3. The first-order valence-electron chi connectivity index (χ1n) is 8.24. The van der Waals surface area contributed by atoms with Gasteiger partial charge in [-0.05, 0) is 36.4 Å². The van der Waals surface area contributed by atoms with Gasteiger partial charge < -0.3 is 9.73 Å². The van der Waals surface area contributed by atoms with Gasteiger partial charge in [-0.3, -0.25) is 14.9 Å². The second-order valence-electron chi connectivity index (χ2n) is 5.88. The second-order valence-corrected chi connectivity index (χ2v) is 8.01. The summed E-state index contributed by atoms with van der Waals surface area (Å²) in [5, 5.41) is 12.1. The molecule has 0 unspecified atom stereocenters. The van der Waals surface area contributed by atoms with E-state index in [0.29, 0.717) is 0 Å². The highest BCUT2D eigenvalue weighted by atomic mass is 32.2. The van der Waals surface area contributed by atoms with Gasteiger partial charge in [-0.25, -0.2) is 8.42 Å². The normalized spacial score (nSPS) is 12.3. The summed E-state index contributed by atoms with van der Waals surface area (Å²) in [4.78, 5) is 22.6. The van der Waals surface area contributed by atoms with Gasteiger partial charge in [-0.15, -0.1) is 0 Å². The predicted molar refractivity (Wildman–Crippen MR) is 101 cm³/mol. The number of furan rings is 1. The number of carbonyl (C=O) groups excluding carboxylic acids is 1. The highest BCUT2D eigenvalue weighted by molar-refractivity contribution is 7.91. The Labute approximate surface area is 160 Å². The monoisotopic (exact) mass is 400 g/mol. The van der Waals surface area contributed by atoms with Crippen LogP contribution in [0.4, 0.5) is 5.69 Å². The van der Waals surface area contributed by atoms with Crippen LogP contribution in [0.15, 0.2) is 82.3 Å². The molecule has 0 radical (unpaired) electrons. The third-order valence-corrected chi connectivity index (χ3v) is 6.17. The highest BCUT2D eigenvalue weighted by Crippen LogP contribution is 2.28. The van der Waals surface area contributed by atoms with Crippen molar-refractivity contribution < 1.29 is 22.6 Å². The number of non-ortho nitro benzene ring substituents is 1. The molecule has 1 heterocycles. The van der Waals surface area contributed by atoms with Crippen LogP contribution in [0.25, 0.3) is 0 Å². The molecular weight excluding hydrogens is 384 g/mol.